The van der Waals surface area contributed by atoms with E-state index in [2.05, 4.69) is 6.92 Å². The molecule has 5 heteroatoms. The summed E-state index contributed by atoms with van der Waals surface area (Å²) in [5.74, 6) is -0.189. The van der Waals surface area contributed by atoms with Gasteiger partial charge in [-0.15, -0.1) is 0 Å². The van der Waals surface area contributed by atoms with Crippen LogP contribution in [0.15, 0.2) is 29.2 Å². The first kappa shape index (κ1) is 17.9. The standard InChI is InChI=1S/C16H24O4S/c1-3-4-5-6-7-15(12-16(17)18)21(19)14-10-8-13(20-2)9-11-14/h8-11,15H,3-7,12H2,1-2H3,(H,17,18). The monoisotopic (exact) mass is 312 g/mol. The minimum absolute atomic E-state index is 0.0508. The average molecular weight is 312 g/mol. The Morgan fingerprint density at radius 1 is 1.29 bits per heavy atom. The maximum atomic E-state index is 12.6. The lowest BCUT2D eigenvalue weighted by Gasteiger charge is -2.20. The van der Waals surface area contributed by atoms with Crippen LogP contribution in [-0.4, -0.2) is 28.0 Å². The van der Waals surface area contributed by atoms with E-state index in [1.807, 2.05) is 0 Å². The summed E-state index contributed by atoms with van der Waals surface area (Å²) in [6.45, 7) is 2.13. The fraction of sp³-hybridized carbons (Fsp3) is 0.562. The number of carboxylic acids is 1. The molecule has 0 aliphatic carbocycles. The van der Waals surface area contributed by atoms with E-state index in [1.165, 1.54) is 0 Å². The molecule has 0 amide bonds. The van der Waals surface area contributed by atoms with E-state index in [0.29, 0.717) is 17.1 Å². The maximum Gasteiger partial charge on any atom is 0.308 e. The van der Waals surface area contributed by atoms with Gasteiger partial charge in [-0.2, -0.15) is 0 Å². The predicted octanol–water partition coefficient (Wildman–Crippen LogP) is 3.62. The highest BCUT2D eigenvalue weighted by atomic mass is 32.2. The van der Waals surface area contributed by atoms with Crippen LogP contribution in [0, 0.1) is 0 Å². The molecule has 0 bridgehead atoms. The number of methoxy groups -OCH3 is 1. The van der Waals surface area contributed by atoms with E-state index in [-0.39, 0.29) is 11.7 Å². The number of aliphatic carboxylic acids is 1. The summed E-state index contributed by atoms with van der Waals surface area (Å²) < 4.78 is 17.6. The number of unbranched alkanes of at least 4 members (excludes halogenated alkanes) is 3. The summed E-state index contributed by atoms with van der Waals surface area (Å²) in [4.78, 5) is 11.6. The van der Waals surface area contributed by atoms with Gasteiger partial charge in [0, 0.05) is 0 Å². The molecule has 21 heavy (non-hydrogen) atoms. The topological polar surface area (TPSA) is 69.6 Å². The van der Waals surface area contributed by atoms with E-state index in [0.717, 1.165) is 25.7 Å². The number of carbonyl (C=O) groups is 1. The third-order valence-corrected chi connectivity index (χ3v) is 5.12. The Hall–Kier alpha value is -1.20. The predicted molar refractivity (Wildman–Crippen MR) is 84.2 cm³/mol. The first-order valence-corrected chi connectivity index (χ1v) is 8.56. The van der Waals surface area contributed by atoms with Crippen molar-refractivity contribution in [2.24, 2.45) is 0 Å². The van der Waals surface area contributed by atoms with Gasteiger partial charge in [-0.25, -0.2) is 0 Å². The van der Waals surface area contributed by atoms with Crippen LogP contribution in [0.3, 0.4) is 0 Å². The Bertz CT molecular complexity index is 419. The number of carboxylic acid groups (broad SMARTS) is 1. The molecular weight excluding hydrogens is 288 g/mol. The van der Waals surface area contributed by atoms with Gasteiger partial charge in [0.05, 0.1) is 13.5 Å². The van der Waals surface area contributed by atoms with Crippen LogP contribution in [0.5, 0.6) is 5.75 Å². The van der Waals surface area contributed by atoms with Gasteiger partial charge in [-0.1, -0.05) is 26.2 Å². The molecule has 0 saturated carbocycles. The molecule has 0 spiro atoms. The van der Waals surface area contributed by atoms with Crippen LogP contribution in [0.25, 0.3) is 0 Å². The summed E-state index contributed by atoms with van der Waals surface area (Å²) in [6.07, 6.45) is 4.88. The molecule has 2 unspecified atom stereocenters. The van der Waals surface area contributed by atoms with Crippen LogP contribution in [0.4, 0.5) is 0 Å². The lowest BCUT2D eigenvalue weighted by molar-refractivity contribution is -0.137. The van der Waals surface area contributed by atoms with Crippen LogP contribution < -0.4 is 4.74 Å². The second-order valence-electron chi connectivity index (χ2n) is 5.04. The smallest absolute Gasteiger partial charge is 0.308 e. The zero-order valence-corrected chi connectivity index (χ0v) is 13.5. The molecule has 0 saturated heterocycles. The molecule has 0 radical (unpaired) electrons. The normalized spacial score (nSPS) is 13.7. The number of hydrogen-bond acceptors (Lipinski definition) is 3. The van der Waals surface area contributed by atoms with Gasteiger partial charge in [0.25, 0.3) is 0 Å². The Kier molecular flexibility index (Phi) is 8.23. The summed E-state index contributed by atoms with van der Waals surface area (Å²) >= 11 is -1.29. The van der Waals surface area contributed by atoms with Crippen molar-refractivity contribution < 1.29 is 19.2 Å². The molecule has 4 nitrogen and oxygen atoms in total. The lowest BCUT2D eigenvalue weighted by Crippen LogP contribution is -2.24. The minimum Gasteiger partial charge on any atom is -0.611 e. The van der Waals surface area contributed by atoms with E-state index in [1.54, 1.807) is 31.4 Å². The molecule has 118 valence electrons. The van der Waals surface area contributed by atoms with Crippen LogP contribution in [-0.2, 0) is 16.0 Å². The van der Waals surface area contributed by atoms with Gasteiger partial charge in [0.1, 0.15) is 11.0 Å². The van der Waals surface area contributed by atoms with Crippen molar-refractivity contribution >= 4 is 17.1 Å². The Balaban J connectivity index is 2.67. The molecule has 0 aliphatic heterocycles. The van der Waals surface area contributed by atoms with Crippen molar-refractivity contribution in [3.63, 3.8) is 0 Å². The van der Waals surface area contributed by atoms with Crippen LogP contribution >= 0.6 is 0 Å². The molecule has 1 aromatic rings. The zero-order valence-electron chi connectivity index (χ0n) is 12.7. The fourth-order valence-corrected chi connectivity index (χ4v) is 3.64. The molecule has 2 atom stereocenters. The Labute approximate surface area is 129 Å². The van der Waals surface area contributed by atoms with Crippen molar-refractivity contribution in [3.05, 3.63) is 24.3 Å². The molecule has 1 aromatic carbocycles. The SMILES string of the molecule is CCCCCCC(CC(=O)O)[S+]([O-])c1ccc(OC)cc1. The largest absolute Gasteiger partial charge is 0.611 e. The molecular formula is C16H24O4S. The zero-order chi connectivity index (χ0) is 15.7. The van der Waals surface area contributed by atoms with Gasteiger partial charge in [0.15, 0.2) is 4.90 Å². The third-order valence-electron chi connectivity index (χ3n) is 3.38. The third kappa shape index (κ3) is 6.40. The highest BCUT2D eigenvalue weighted by Crippen LogP contribution is 2.25. The highest BCUT2D eigenvalue weighted by molar-refractivity contribution is 7.92. The van der Waals surface area contributed by atoms with Gasteiger partial charge < -0.3 is 14.4 Å². The molecule has 1 N–H and O–H groups in total. The first-order chi connectivity index (χ1) is 10.1. The summed E-state index contributed by atoms with van der Waals surface area (Å²) in [6, 6.07) is 7.00. The second-order valence-corrected chi connectivity index (χ2v) is 6.78. The Morgan fingerprint density at radius 3 is 2.48 bits per heavy atom. The van der Waals surface area contributed by atoms with Crippen molar-refractivity contribution in [3.8, 4) is 5.75 Å². The average Bonchev–Trinajstić information content (AvgIpc) is 2.49. The number of ether oxygens (including phenoxy) is 1. The summed E-state index contributed by atoms with van der Waals surface area (Å²) in [5, 5.41) is 8.68. The maximum absolute atomic E-state index is 12.6. The van der Waals surface area contributed by atoms with Crippen molar-refractivity contribution in [1.82, 2.24) is 0 Å². The van der Waals surface area contributed by atoms with Gasteiger partial charge in [-0.05, 0) is 48.3 Å². The van der Waals surface area contributed by atoms with Gasteiger partial charge in [-0.3, -0.25) is 4.79 Å². The molecule has 0 aliphatic rings. The summed E-state index contributed by atoms with van der Waals surface area (Å²) in [5.41, 5.74) is 0. The second kappa shape index (κ2) is 9.68. The van der Waals surface area contributed by atoms with E-state index in [9.17, 15) is 9.35 Å². The number of benzene rings is 1. The summed E-state index contributed by atoms with van der Waals surface area (Å²) in [7, 11) is 1.58. The van der Waals surface area contributed by atoms with Gasteiger partial charge >= 0.3 is 5.97 Å². The number of hydrogen-bond donors (Lipinski definition) is 1. The van der Waals surface area contributed by atoms with E-state index < -0.39 is 17.1 Å². The van der Waals surface area contributed by atoms with E-state index in [4.69, 9.17) is 9.84 Å². The number of rotatable bonds is 10. The van der Waals surface area contributed by atoms with Crippen LogP contribution in [0.2, 0.25) is 0 Å². The molecule has 0 heterocycles. The first-order valence-electron chi connectivity index (χ1n) is 7.35. The quantitative estimate of drug-likeness (QED) is 0.529. The molecule has 0 aromatic heterocycles. The van der Waals surface area contributed by atoms with Crippen LogP contribution in [0.1, 0.15) is 45.4 Å². The van der Waals surface area contributed by atoms with Crippen molar-refractivity contribution in [1.29, 1.82) is 0 Å². The van der Waals surface area contributed by atoms with Crippen molar-refractivity contribution in [2.45, 2.75) is 55.6 Å². The fourth-order valence-electron chi connectivity index (χ4n) is 2.18. The minimum atomic E-state index is -1.29. The van der Waals surface area contributed by atoms with E-state index >= 15 is 0 Å². The molecule has 1 rings (SSSR count). The highest BCUT2D eigenvalue weighted by Gasteiger charge is 2.27. The lowest BCUT2D eigenvalue weighted by atomic mass is 10.1. The van der Waals surface area contributed by atoms with Crippen molar-refractivity contribution in [2.75, 3.05) is 7.11 Å². The molecule has 0 fully saturated rings. The van der Waals surface area contributed by atoms with Gasteiger partial charge in [0.2, 0.25) is 0 Å². The Morgan fingerprint density at radius 2 is 1.95 bits per heavy atom.